The van der Waals surface area contributed by atoms with Crippen molar-refractivity contribution in [1.29, 1.82) is 0 Å². The number of rotatable bonds is 15. The molecule has 0 aliphatic carbocycles. The first-order chi connectivity index (χ1) is 17.2. The Morgan fingerprint density at radius 1 is 1.25 bits per heavy atom. The summed E-state index contributed by atoms with van der Waals surface area (Å²) in [5.74, 6) is -2.35. The fourth-order valence-electron chi connectivity index (χ4n) is 6.47. The molecular weight excluding hydrogens is 460 g/mol. The molecule has 0 saturated carbocycles. The van der Waals surface area contributed by atoms with E-state index in [1.54, 1.807) is 22.0 Å². The molecule has 0 aromatic carbocycles. The number of hydrogen-bond acceptors (Lipinski definition) is 6. The van der Waals surface area contributed by atoms with Gasteiger partial charge in [-0.2, -0.15) is 0 Å². The van der Waals surface area contributed by atoms with Gasteiger partial charge in [-0.1, -0.05) is 32.4 Å². The molecule has 6 atom stereocenters. The maximum atomic E-state index is 14.1. The van der Waals surface area contributed by atoms with Crippen LogP contribution in [0.3, 0.4) is 0 Å². The van der Waals surface area contributed by atoms with E-state index in [0.29, 0.717) is 45.3 Å². The molecule has 3 heterocycles. The van der Waals surface area contributed by atoms with Crippen LogP contribution < -0.4 is 0 Å². The summed E-state index contributed by atoms with van der Waals surface area (Å²) >= 11 is 0. The molecule has 3 rings (SSSR count). The summed E-state index contributed by atoms with van der Waals surface area (Å²) in [5.41, 5.74) is -1.95. The lowest BCUT2D eigenvalue weighted by Crippen LogP contribution is -2.56. The van der Waals surface area contributed by atoms with Crippen LogP contribution in [-0.2, 0) is 23.9 Å². The maximum absolute atomic E-state index is 14.1. The van der Waals surface area contributed by atoms with Crippen molar-refractivity contribution >= 4 is 17.8 Å². The number of esters is 1. The van der Waals surface area contributed by atoms with E-state index in [9.17, 15) is 19.5 Å². The van der Waals surface area contributed by atoms with Gasteiger partial charge in [-0.15, -0.1) is 13.2 Å². The second kappa shape index (κ2) is 11.9. The van der Waals surface area contributed by atoms with Crippen LogP contribution in [0, 0.1) is 17.8 Å². The highest BCUT2D eigenvalue weighted by Crippen LogP contribution is 2.65. The summed E-state index contributed by atoms with van der Waals surface area (Å²) in [4.78, 5) is 44.9. The van der Waals surface area contributed by atoms with Crippen LogP contribution in [0.2, 0.25) is 0 Å². The number of hydrogen-bond donors (Lipinski definition) is 1. The van der Waals surface area contributed by atoms with Gasteiger partial charge >= 0.3 is 5.97 Å². The standard InChI is InChI=1S/C28H44N2O6/c1-6-9-13-18-35-26(34)22-21-24(32)30(16-11-12-17-31)23(25(33)29(14-8-3)15-10-7-2)28(21)19-20(4)27(22,5)36-28/h6,8,20-23,31H,1,3,7,9-19H2,2,4-5H3/t20?,21-,22+,23?,27-,28?/m0/s1. The first-order valence-corrected chi connectivity index (χ1v) is 13.5. The number of nitrogens with zero attached hydrogens (tertiary/aromatic N) is 2. The van der Waals surface area contributed by atoms with E-state index in [1.165, 1.54) is 0 Å². The Labute approximate surface area is 215 Å². The lowest BCUT2D eigenvalue weighted by Gasteiger charge is -2.37. The zero-order chi connectivity index (χ0) is 26.5. The number of aliphatic hydroxyl groups is 1. The number of unbranched alkanes of at least 4 members (excludes halogenated alkanes) is 3. The third-order valence-electron chi connectivity index (χ3n) is 8.35. The van der Waals surface area contributed by atoms with Gasteiger partial charge < -0.3 is 24.4 Å². The number of allylic oxidation sites excluding steroid dienone is 1. The Hall–Kier alpha value is -2.19. The van der Waals surface area contributed by atoms with Crippen LogP contribution in [0.1, 0.15) is 65.7 Å². The molecular formula is C28H44N2O6. The number of carbonyl (C=O) groups excluding carboxylic acids is 3. The van der Waals surface area contributed by atoms with Crippen molar-refractivity contribution in [3.8, 4) is 0 Å². The average molecular weight is 505 g/mol. The summed E-state index contributed by atoms with van der Waals surface area (Å²) in [6, 6.07) is -0.812. The lowest BCUT2D eigenvalue weighted by molar-refractivity contribution is -0.162. The average Bonchev–Trinajstić information content (AvgIpc) is 3.36. The van der Waals surface area contributed by atoms with Crippen molar-refractivity contribution in [2.45, 2.75) is 83.0 Å². The molecule has 1 N–H and O–H groups in total. The minimum Gasteiger partial charge on any atom is -0.465 e. The van der Waals surface area contributed by atoms with E-state index < -0.39 is 35.0 Å². The van der Waals surface area contributed by atoms with Crippen LogP contribution in [0.5, 0.6) is 0 Å². The number of ether oxygens (including phenoxy) is 2. The molecule has 1 spiro atoms. The molecule has 8 heteroatoms. The molecule has 3 aliphatic rings. The van der Waals surface area contributed by atoms with E-state index in [2.05, 4.69) is 20.1 Å². The molecule has 8 nitrogen and oxygen atoms in total. The first kappa shape index (κ1) is 28.4. The minimum absolute atomic E-state index is 0.0135. The van der Waals surface area contributed by atoms with Gasteiger partial charge in [0.05, 0.1) is 18.1 Å². The Bertz CT molecular complexity index is 846. The van der Waals surface area contributed by atoms with Crippen molar-refractivity contribution in [3.05, 3.63) is 25.3 Å². The fraction of sp³-hybridized carbons (Fsp3) is 0.750. The zero-order valence-corrected chi connectivity index (χ0v) is 22.2. The second-order valence-corrected chi connectivity index (χ2v) is 10.7. The largest absolute Gasteiger partial charge is 0.465 e. The molecule has 3 aliphatic heterocycles. The van der Waals surface area contributed by atoms with E-state index in [-0.39, 0.29) is 30.9 Å². The van der Waals surface area contributed by atoms with Gasteiger partial charge in [-0.3, -0.25) is 14.4 Å². The third kappa shape index (κ3) is 4.86. The summed E-state index contributed by atoms with van der Waals surface area (Å²) < 4.78 is 12.4. The van der Waals surface area contributed by atoms with Gasteiger partial charge in [0.2, 0.25) is 11.8 Å². The van der Waals surface area contributed by atoms with E-state index in [1.807, 2.05) is 13.8 Å². The monoisotopic (exact) mass is 504 g/mol. The summed E-state index contributed by atoms with van der Waals surface area (Å²) in [6.45, 7) is 15.1. The van der Waals surface area contributed by atoms with Gasteiger partial charge in [0.15, 0.2) is 0 Å². The normalized spacial score (nSPS) is 32.4. The predicted octanol–water partition coefficient (Wildman–Crippen LogP) is 3.09. The Morgan fingerprint density at radius 2 is 2.00 bits per heavy atom. The summed E-state index contributed by atoms with van der Waals surface area (Å²) in [6.07, 6.45) is 8.29. The number of fused-ring (bicyclic) bond motifs is 1. The number of amides is 2. The number of aliphatic hydroxyl groups excluding tert-OH is 1. The maximum Gasteiger partial charge on any atom is 0.312 e. The van der Waals surface area contributed by atoms with Gasteiger partial charge in [0.25, 0.3) is 0 Å². The van der Waals surface area contributed by atoms with Crippen LogP contribution in [0.4, 0.5) is 0 Å². The van der Waals surface area contributed by atoms with Gasteiger partial charge in [0, 0.05) is 26.2 Å². The van der Waals surface area contributed by atoms with Crippen molar-refractivity contribution < 1.29 is 29.0 Å². The van der Waals surface area contributed by atoms with Crippen molar-refractivity contribution in [1.82, 2.24) is 9.80 Å². The first-order valence-electron chi connectivity index (χ1n) is 13.5. The zero-order valence-electron chi connectivity index (χ0n) is 22.2. The molecule has 3 fully saturated rings. The van der Waals surface area contributed by atoms with Crippen LogP contribution >= 0.6 is 0 Å². The molecule has 3 unspecified atom stereocenters. The third-order valence-corrected chi connectivity index (χ3v) is 8.35. The Morgan fingerprint density at radius 3 is 2.64 bits per heavy atom. The van der Waals surface area contributed by atoms with Gasteiger partial charge in [-0.25, -0.2) is 0 Å². The highest BCUT2D eigenvalue weighted by Gasteiger charge is 2.80. The predicted molar refractivity (Wildman–Crippen MR) is 137 cm³/mol. The number of likely N-dealkylation sites (tertiary alicyclic amines) is 1. The fourth-order valence-corrected chi connectivity index (χ4v) is 6.47. The highest BCUT2D eigenvalue weighted by atomic mass is 16.6. The highest BCUT2D eigenvalue weighted by molar-refractivity contribution is 5.98. The van der Waals surface area contributed by atoms with Crippen LogP contribution in [-0.4, -0.2) is 82.8 Å². The molecule has 202 valence electrons. The molecule has 2 bridgehead atoms. The lowest BCUT2D eigenvalue weighted by atomic mass is 9.62. The Balaban J connectivity index is 1.99. The molecule has 36 heavy (non-hydrogen) atoms. The van der Waals surface area contributed by atoms with Gasteiger partial charge in [0.1, 0.15) is 17.6 Å². The van der Waals surface area contributed by atoms with Crippen LogP contribution in [0.25, 0.3) is 0 Å². The smallest absolute Gasteiger partial charge is 0.312 e. The summed E-state index contributed by atoms with van der Waals surface area (Å²) in [7, 11) is 0. The van der Waals surface area contributed by atoms with Crippen molar-refractivity contribution in [2.24, 2.45) is 17.8 Å². The van der Waals surface area contributed by atoms with Gasteiger partial charge in [-0.05, 0) is 51.4 Å². The minimum atomic E-state index is -1.07. The van der Waals surface area contributed by atoms with Crippen molar-refractivity contribution in [2.75, 3.05) is 32.8 Å². The topological polar surface area (TPSA) is 96.4 Å². The molecule has 2 amide bonds. The van der Waals surface area contributed by atoms with Crippen LogP contribution in [0.15, 0.2) is 25.3 Å². The summed E-state index contributed by atoms with van der Waals surface area (Å²) in [5, 5.41) is 9.32. The SMILES string of the molecule is C=CCCCOC(=O)[C@H]1[C@H]2C(=O)N(CCCCO)C(C(=O)N(CC=C)CCCC)C23CC(C)[C@]1(C)O3. The molecule has 0 radical (unpaired) electrons. The number of carbonyl (C=O) groups is 3. The molecule has 0 aromatic heterocycles. The quantitative estimate of drug-likeness (QED) is 0.209. The van der Waals surface area contributed by atoms with E-state index in [0.717, 1.165) is 19.3 Å². The van der Waals surface area contributed by atoms with Crippen molar-refractivity contribution in [3.63, 3.8) is 0 Å². The van der Waals surface area contributed by atoms with E-state index in [4.69, 9.17) is 9.47 Å². The molecule has 0 aromatic rings. The Kier molecular flexibility index (Phi) is 9.39. The van der Waals surface area contributed by atoms with E-state index >= 15 is 0 Å². The second-order valence-electron chi connectivity index (χ2n) is 10.7. The molecule has 3 saturated heterocycles.